The molecule has 1 aliphatic rings. The Labute approximate surface area is 102 Å². The number of hydrogen-bond donors (Lipinski definition) is 2. The molecule has 1 atom stereocenters. The molecule has 4 heteroatoms. The maximum Gasteiger partial charge on any atom is 0.152 e. The van der Waals surface area contributed by atoms with Gasteiger partial charge in [0.2, 0.25) is 0 Å². The van der Waals surface area contributed by atoms with Crippen molar-refractivity contribution in [2.75, 3.05) is 18.4 Å². The van der Waals surface area contributed by atoms with E-state index in [1.807, 2.05) is 6.07 Å². The molecule has 3 nitrogen and oxygen atoms in total. The number of anilines is 1. The summed E-state index contributed by atoms with van der Waals surface area (Å²) < 4.78 is 0. The van der Waals surface area contributed by atoms with E-state index in [2.05, 4.69) is 22.5 Å². The van der Waals surface area contributed by atoms with Crippen molar-refractivity contribution in [3.05, 3.63) is 23.0 Å². The zero-order valence-electron chi connectivity index (χ0n) is 9.59. The molecule has 1 fully saturated rings. The minimum absolute atomic E-state index is 0.510. The van der Waals surface area contributed by atoms with E-state index in [0.29, 0.717) is 11.2 Å². The Kier molecular flexibility index (Phi) is 4.02. The van der Waals surface area contributed by atoms with Crippen LogP contribution >= 0.6 is 11.6 Å². The molecule has 1 aromatic heterocycles. The van der Waals surface area contributed by atoms with Crippen molar-refractivity contribution in [1.29, 1.82) is 0 Å². The van der Waals surface area contributed by atoms with Gasteiger partial charge in [0, 0.05) is 12.2 Å². The second-order valence-electron chi connectivity index (χ2n) is 4.32. The van der Waals surface area contributed by atoms with Gasteiger partial charge in [-0.05, 0) is 50.9 Å². The van der Waals surface area contributed by atoms with Gasteiger partial charge in [-0.25, -0.2) is 4.98 Å². The minimum Gasteiger partial charge on any atom is -0.380 e. The molecule has 0 aliphatic carbocycles. The Morgan fingerprint density at radius 2 is 2.31 bits per heavy atom. The number of nitrogens with one attached hydrogen (secondary N) is 2. The number of aromatic nitrogens is 1. The lowest BCUT2D eigenvalue weighted by Crippen LogP contribution is -2.22. The Bertz CT molecular complexity index is 326. The van der Waals surface area contributed by atoms with Crippen LogP contribution in [0.15, 0.2) is 12.3 Å². The molecule has 2 heterocycles. The van der Waals surface area contributed by atoms with E-state index >= 15 is 0 Å². The van der Waals surface area contributed by atoms with E-state index in [1.165, 1.54) is 12.8 Å². The molecule has 1 aliphatic heterocycles. The van der Waals surface area contributed by atoms with Crippen LogP contribution in [0.5, 0.6) is 0 Å². The van der Waals surface area contributed by atoms with Crippen LogP contribution in [0.3, 0.4) is 0 Å². The van der Waals surface area contributed by atoms with Crippen LogP contribution in [0.1, 0.15) is 24.8 Å². The van der Waals surface area contributed by atoms with Gasteiger partial charge in [-0.3, -0.25) is 0 Å². The van der Waals surface area contributed by atoms with Gasteiger partial charge < -0.3 is 10.6 Å². The first kappa shape index (κ1) is 11.7. The van der Waals surface area contributed by atoms with Crippen molar-refractivity contribution in [3.63, 3.8) is 0 Å². The molecular formula is C12H18ClN3. The average molecular weight is 240 g/mol. The van der Waals surface area contributed by atoms with Crippen molar-refractivity contribution in [2.24, 2.45) is 0 Å². The van der Waals surface area contributed by atoms with Crippen LogP contribution in [-0.2, 0) is 0 Å². The maximum absolute atomic E-state index is 6.10. The lowest BCUT2D eigenvalue weighted by Gasteiger charge is -2.19. The molecule has 0 amide bonds. The summed E-state index contributed by atoms with van der Waals surface area (Å²) in [4.78, 5) is 4.12. The Balaban J connectivity index is 2.07. The van der Waals surface area contributed by atoms with Crippen LogP contribution in [0.4, 0.5) is 5.69 Å². The van der Waals surface area contributed by atoms with E-state index in [4.69, 9.17) is 11.6 Å². The fourth-order valence-corrected chi connectivity index (χ4v) is 2.33. The third-order valence-corrected chi connectivity index (χ3v) is 3.32. The summed E-state index contributed by atoms with van der Waals surface area (Å²) in [6.07, 6.45) is 5.30. The summed E-state index contributed by atoms with van der Waals surface area (Å²) in [7, 11) is 0. The van der Waals surface area contributed by atoms with E-state index in [1.54, 1.807) is 6.20 Å². The van der Waals surface area contributed by atoms with Crippen molar-refractivity contribution in [1.82, 2.24) is 10.3 Å². The summed E-state index contributed by atoms with van der Waals surface area (Å²) in [6.45, 7) is 4.26. The van der Waals surface area contributed by atoms with E-state index < -0.39 is 0 Å². The van der Waals surface area contributed by atoms with Gasteiger partial charge in [0.25, 0.3) is 0 Å². The molecule has 88 valence electrons. The first-order valence-corrected chi connectivity index (χ1v) is 6.23. The Morgan fingerprint density at radius 3 is 3.12 bits per heavy atom. The smallest absolute Gasteiger partial charge is 0.152 e. The molecule has 0 bridgehead atoms. The van der Waals surface area contributed by atoms with Crippen molar-refractivity contribution in [3.8, 4) is 0 Å². The zero-order valence-corrected chi connectivity index (χ0v) is 10.3. The third-order valence-electron chi connectivity index (χ3n) is 3.04. The van der Waals surface area contributed by atoms with Crippen molar-refractivity contribution < 1.29 is 0 Å². The summed E-state index contributed by atoms with van der Waals surface area (Å²) in [6, 6.07) is 2.50. The van der Waals surface area contributed by atoms with Crippen LogP contribution in [0.2, 0.25) is 5.15 Å². The lowest BCUT2D eigenvalue weighted by atomic mass is 10.1. The molecule has 1 unspecified atom stereocenters. The normalized spacial score (nSPS) is 21.5. The SMILES string of the molecule is Cc1ccnc(Cl)c1NC1CCCNCC1. The summed E-state index contributed by atoms with van der Waals surface area (Å²) in [5.41, 5.74) is 2.16. The Morgan fingerprint density at radius 1 is 1.44 bits per heavy atom. The molecule has 16 heavy (non-hydrogen) atoms. The zero-order chi connectivity index (χ0) is 11.4. The van der Waals surface area contributed by atoms with Crippen LogP contribution < -0.4 is 10.6 Å². The van der Waals surface area contributed by atoms with Crippen LogP contribution in [-0.4, -0.2) is 24.1 Å². The quantitative estimate of drug-likeness (QED) is 0.779. The predicted molar refractivity (Wildman–Crippen MR) is 68.1 cm³/mol. The number of aryl methyl sites for hydroxylation is 1. The molecule has 0 radical (unpaired) electrons. The highest BCUT2D eigenvalue weighted by Crippen LogP contribution is 2.25. The first-order valence-electron chi connectivity index (χ1n) is 5.86. The standard InChI is InChI=1S/C12H18ClN3/c1-9-4-8-15-12(13)11(9)16-10-3-2-6-14-7-5-10/h4,8,10,14,16H,2-3,5-7H2,1H3. The van der Waals surface area contributed by atoms with Gasteiger partial charge >= 0.3 is 0 Å². The molecule has 1 aromatic rings. The average Bonchev–Trinajstić information content (AvgIpc) is 2.52. The van der Waals surface area contributed by atoms with E-state index in [-0.39, 0.29) is 0 Å². The third kappa shape index (κ3) is 2.86. The molecular weight excluding hydrogens is 222 g/mol. The van der Waals surface area contributed by atoms with Gasteiger partial charge in [0.05, 0.1) is 5.69 Å². The highest BCUT2D eigenvalue weighted by Gasteiger charge is 2.14. The van der Waals surface area contributed by atoms with Crippen LogP contribution in [0, 0.1) is 6.92 Å². The van der Waals surface area contributed by atoms with Gasteiger partial charge in [0.1, 0.15) is 0 Å². The monoisotopic (exact) mass is 239 g/mol. The van der Waals surface area contributed by atoms with Crippen molar-refractivity contribution in [2.45, 2.75) is 32.2 Å². The first-order chi connectivity index (χ1) is 7.77. The highest BCUT2D eigenvalue weighted by atomic mass is 35.5. The lowest BCUT2D eigenvalue weighted by molar-refractivity contribution is 0.637. The summed E-state index contributed by atoms with van der Waals surface area (Å²) in [5, 5.41) is 7.51. The molecule has 1 saturated heterocycles. The topological polar surface area (TPSA) is 37.0 Å². The van der Waals surface area contributed by atoms with Gasteiger partial charge in [-0.1, -0.05) is 11.6 Å². The number of rotatable bonds is 2. The fraction of sp³-hybridized carbons (Fsp3) is 0.583. The molecule has 0 spiro atoms. The van der Waals surface area contributed by atoms with Gasteiger partial charge in [-0.15, -0.1) is 0 Å². The van der Waals surface area contributed by atoms with Crippen molar-refractivity contribution >= 4 is 17.3 Å². The summed E-state index contributed by atoms with van der Waals surface area (Å²) >= 11 is 6.10. The molecule has 0 aromatic carbocycles. The molecule has 2 rings (SSSR count). The summed E-state index contributed by atoms with van der Waals surface area (Å²) in [5.74, 6) is 0. The maximum atomic E-state index is 6.10. The fourth-order valence-electron chi connectivity index (χ4n) is 2.07. The van der Waals surface area contributed by atoms with Gasteiger partial charge in [-0.2, -0.15) is 0 Å². The molecule has 0 saturated carbocycles. The number of hydrogen-bond acceptors (Lipinski definition) is 3. The number of nitrogens with zero attached hydrogens (tertiary/aromatic N) is 1. The predicted octanol–water partition coefficient (Wildman–Crippen LogP) is 2.60. The van der Waals surface area contributed by atoms with Crippen LogP contribution in [0.25, 0.3) is 0 Å². The largest absolute Gasteiger partial charge is 0.380 e. The van der Waals surface area contributed by atoms with Gasteiger partial charge in [0.15, 0.2) is 5.15 Å². The Hall–Kier alpha value is -0.800. The minimum atomic E-state index is 0.510. The highest BCUT2D eigenvalue weighted by molar-refractivity contribution is 6.32. The van der Waals surface area contributed by atoms with E-state index in [0.717, 1.165) is 30.8 Å². The number of halogens is 1. The van der Waals surface area contributed by atoms with E-state index in [9.17, 15) is 0 Å². The molecule has 2 N–H and O–H groups in total. The number of pyridine rings is 1. The second-order valence-corrected chi connectivity index (χ2v) is 4.67. The second kappa shape index (κ2) is 5.51.